The van der Waals surface area contributed by atoms with E-state index >= 15 is 0 Å². The molecule has 0 radical (unpaired) electrons. The minimum Gasteiger partial charge on any atom is -0.314 e. The van der Waals surface area contributed by atoms with Gasteiger partial charge < -0.3 is 5.21 Å². The second-order valence-electron chi connectivity index (χ2n) is 3.10. The van der Waals surface area contributed by atoms with Crippen LogP contribution < -0.4 is 0 Å². The summed E-state index contributed by atoms with van der Waals surface area (Å²) in [4.78, 5) is 0. The van der Waals surface area contributed by atoms with Crippen molar-refractivity contribution in [1.82, 2.24) is 20.1 Å². The number of hydrogen-bond acceptors (Lipinski definition) is 4. The molecule has 0 aliphatic heterocycles. The standard InChI is InChI=1S/C7H14N4O/c1-6(2)11-5-7(8-9-11)4-10(3)12/h5-6,12H,4H2,1-3H3. The monoisotopic (exact) mass is 170 g/mol. The molecule has 1 heterocycles. The van der Waals surface area contributed by atoms with Crippen LogP contribution in [0.25, 0.3) is 0 Å². The van der Waals surface area contributed by atoms with Gasteiger partial charge in [-0.3, -0.25) is 0 Å². The predicted octanol–water partition coefficient (Wildman–Crippen LogP) is 0.680. The van der Waals surface area contributed by atoms with E-state index in [1.54, 1.807) is 11.7 Å². The molecule has 0 aliphatic rings. The molecule has 0 aromatic carbocycles. The molecule has 0 spiro atoms. The lowest BCUT2D eigenvalue weighted by molar-refractivity contribution is -0.0740. The van der Waals surface area contributed by atoms with Crippen molar-refractivity contribution in [3.8, 4) is 0 Å². The molecule has 5 heteroatoms. The summed E-state index contributed by atoms with van der Waals surface area (Å²) in [6.07, 6.45) is 1.83. The molecule has 68 valence electrons. The van der Waals surface area contributed by atoms with Crippen molar-refractivity contribution < 1.29 is 5.21 Å². The number of aromatic nitrogens is 3. The lowest BCUT2D eigenvalue weighted by Gasteiger charge is -2.03. The predicted molar refractivity (Wildman–Crippen MR) is 43.7 cm³/mol. The Morgan fingerprint density at radius 2 is 2.33 bits per heavy atom. The van der Waals surface area contributed by atoms with E-state index in [0.29, 0.717) is 12.6 Å². The molecule has 1 rings (SSSR count). The van der Waals surface area contributed by atoms with Gasteiger partial charge in [-0.1, -0.05) is 5.21 Å². The zero-order valence-corrected chi connectivity index (χ0v) is 7.60. The zero-order valence-electron chi connectivity index (χ0n) is 7.60. The molecular formula is C7H14N4O. The van der Waals surface area contributed by atoms with E-state index in [1.807, 2.05) is 20.0 Å². The molecule has 0 fully saturated rings. The van der Waals surface area contributed by atoms with Crippen molar-refractivity contribution in [2.45, 2.75) is 26.4 Å². The summed E-state index contributed by atoms with van der Waals surface area (Å²) in [6.45, 7) is 4.47. The minimum atomic E-state index is 0.315. The summed E-state index contributed by atoms with van der Waals surface area (Å²) >= 11 is 0. The molecule has 5 nitrogen and oxygen atoms in total. The summed E-state index contributed by atoms with van der Waals surface area (Å²) in [5.41, 5.74) is 0.772. The summed E-state index contributed by atoms with van der Waals surface area (Å²) in [7, 11) is 1.58. The minimum absolute atomic E-state index is 0.315. The second kappa shape index (κ2) is 3.64. The van der Waals surface area contributed by atoms with Crippen molar-refractivity contribution in [3.63, 3.8) is 0 Å². The highest BCUT2D eigenvalue weighted by Gasteiger charge is 2.04. The third-order valence-corrected chi connectivity index (χ3v) is 1.48. The van der Waals surface area contributed by atoms with Crippen LogP contribution in [0.3, 0.4) is 0 Å². The zero-order chi connectivity index (χ0) is 9.14. The highest BCUT2D eigenvalue weighted by Crippen LogP contribution is 2.03. The number of hydrogen-bond donors (Lipinski definition) is 1. The molecule has 0 atom stereocenters. The van der Waals surface area contributed by atoms with Gasteiger partial charge in [0.25, 0.3) is 0 Å². The second-order valence-corrected chi connectivity index (χ2v) is 3.10. The quantitative estimate of drug-likeness (QED) is 0.678. The fraction of sp³-hybridized carbons (Fsp3) is 0.714. The van der Waals surface area contributed by atoms with Gasteiger partial charge in [-0.25, -0.2) is 4.68 Å². The van der Waals surface area contributed by atoms with Gasteiger partial charge in [0.1, 0.15) is 0 Å². The molecule has 0 saturated heterocycles. The van der Waals surface area contributed by atoms with Crippen molar-refractivity contribution >= 4 is 0 Å². The smallest absolute Gasteiger partial charge is 0.0991 e. The highest BCUT2D eigenvalue weighted by atomic mass is 16.5. The fourth-order valence-corrected chi connectivity index (χ4v) is 0.873. The number of rotatable bonds is 3. The molecule has 0 saturated carbocycles. The van der Waals surface area contributed by atoms with Crippen molar-refractivity contribution in [3.05, 3.63) is 11.9 Å². The highest BCUT2D eigenvalue weighted by molar-refractivity contribution is 4.91. The topological polar surface area (TPSA) is 54.2 Å². The van der Waals surface area contributed by atoms with Crippen LogP contribution in [0.1, 0.15) is 25.6 Å². The first-order valence-corrected chi connectivity index (χ1v) is 3.90. The average Bonchev–Trinajstić information content (AvgIpc) is 2.34. The Morgan fingerprint density at radius 1 is 1.67 bits per heavy atom. The SMILES string of the molecule is CC(C)n1cc(CN(C)O)nn1. The van der Waals surface area contributed by atoms with E-state index in [2.05, 4.69) is 10.3 Å². The maximum Gasteiger partial charge on any atom is 0.0991 e. The fourth-order valence-electron chi connectivity index (χ4n) is 0.873. The van der Waals surface area contributed by atoms with Gasteiger partial charge in [-0.2, -0.15) is 5.06 Å². The third kappa shape index (κ3) is 2.28. The van der Waals surface area contributed by atoms with E-state index in [0.717, 1.165) is 10.8 Å². The Labute approximate surface area is 71.6 Å². The molecule has 1 N–H and O–H groups in total. The van der Waals surface area contributed by atoms with Crippen LogP contribution in [-0.4, -0.2) is 32.3 Å². The molecule has 1 aromatic heterocycles. The van der Waals surface area contributed by atoms with Crippen LogP contribution in [0, 0.1) is 0 Å². The normalized spacial score (nSPS) is 11.5. The van der Waals surface area contributed by atoms with Crippen LogP contribution in [0.2, 0.25) is 0 Å². The molecule has 1 aromatic rings. The Balaban J connectivity index is 2.64. The van der Waals surface area contributed by atoms with E-state index in [1.165, 1.54) is 0 Å². The summed E-state index contributed by atoms with van der Waals surface area (Å²) in [6, 6.07) is 0.315. The molecule has 12 heavy (non-hydrogen) atoms. The van der Waals surface area contributed by atoms with Gasteiger partial charge in [0.2, 0.25) is 0 Å². The van der Waals surface area contributed by atoms with E-state index in [4.69, 9.17) is 5.21 Å². The Bertz CT molecular complexity index is 243. The van der Waals surface area contributed by atoms with Crippen molar-refractivity contribution in [1.29, 1.82) is 0 Å². The molecule has 0 amide bonds. The van der Waals surface area contributed by atoms with Crippen LogP contribution in [0.15, 0.2) is 6.20 Å². The van der Waals surface area contributed by atoms with Gasteiger partial charge in [-0.15, -0.1) is 5.10 Å². The first-order valence-electron chi connectivity index (χ1n) is 3.90. The molecular weight excluding hydrogens is 156 g/mol. The van der Waals surface area contributed by atoms with Gasteiger partial charge in [-0.05, 0) is 13.8 Å². The molecule has 0 bridgehead atoms. The number of nitrogens with zero attached hydrogens (tertiary/aromatic N) is 4. The molecule has 0 aliphatic carbocycles. The van der Waals surface area contributed by atoms with E-state index in [9.17, 15) is 0 Å². The summed E-state index contributed by atoms with van der Waals surface area (Å²) < 4.78 is 1.76. The number of hydroxylamine groups is 2. The van der Waals surface area contributed by atoms with Crippen molar-refractivity contribution in [2.24, 2.45) is 0 Å². The summed E-state index contributed by atoms with van der Waals surface area (Å²) in [5.74, 6) is 0. The van der Waals surface area contributed by atoms with Gasteiger partial charge in [0.05, 0.1) is 18.4 Å². The Kier molecular flexibility index (Phi) is 2.78. The van der Waals surface area contributed by atoms with Gasteiger partial charge in [0, 0.05) is 13.1 Å². The maximum atomic E-state index is 8.91. The van der Waals surface area contributed by atoms with E-state index in [-0.39, 0.29) is 0 Å². The molecule has 0 unspecified atom stereocenters. The lowest BCUT2D eigenvalue weighted by Crippen LogP contribution is -2.11. The van der Waals surface area contributed by atoms with Crippen LogP contribution in [0.5, 0.6) is 0 Å². The van der Waals surface area contributed by atoms with Crippen LogP contribution in [-0.2, 0) is 6.54 Å². The summed E-state index contributed by atoms with van der Waals surface area (Å²) in [5, 5.41) is 17.8. The van der Waals surface area contributed by atoms with Crippen molar-refractivity contribution in [2.75, 3.05) is 7.05 Å². The average molecular weight is 170 g/mol. The van der Waals surface area contributed by atoms with Crippen LogP contribution in [0.4, 0.5) is 0 Å². The van der Waals surface area contributed by atoms with Gasteiger partial charge in [0.15, 0.2) is 0 Å². The Morgan fingerprint density at radius 3 is 2.75 bits per heavy atom. The Hall–Kier alpha value is -0.940. The largest absolute Gasteiger partial charge is 0.314 e. The lowest BCUT2D eigenvalue weighted by atomic mass is 10.4. The van der Waals surface area contributed by atoms with Gasteiger partial charge >= 0.3 is 0 Å². The first kappa shape index (κ1) is 9.15. The third-order valence-electron chi connectivity index (χ3n) is 1.48. The first-order chi connectivity index (χ1) is 5.59. The van der Waals surface area contributed by atoms with Crippen LogP contribution >= 0.6 is 0 Å². The van der Waals surface area contributed by atoms with E-state index < -0.39 is 0 Å². The maximum absolute atomic E-state index is 8.91.